The Morgan fingerprint density at radius 3 is 1.59 bits per heavy atom. The summed E-state index contributed by atoms with van der Waals surface area (Å²) in [5, 5.41) is 29.9. The first-order valence-electron chi connectivity index (χ1n) is 38.2. The topological polar surface area (TPSA) is 316 Å². The third-order valence-electron chi connectivity index (χ3n) is 20.9. The van der Waals surface area contributed by atoms with Gasteiger partial charge in [-0.2, -0.15) is 15.0 Å². The number of carbonyl (C=O) groups is 11. The zero-order valence-corrected chi connectivity index (χ0v) is 66.9. The molecule has 104 heavy (non-hydrogen) atoms. The number of amides is 9. The second-order valence-corrected chi connectivity index (χ2v) is 31.6. The van der Waals surface area contributed by atoms with Crippen LogP contribution in [0.1, 0.15) is 188 Å². The largest absolute Gasteiger partial charge is 0.390 e. The van der Waals surface area contributed by atoms with E-state index in [1.807, 2.05) is 65.8 Å². The molecule has 0 unspecified atom stereocenters. The first-order chi connectivity index (χ1) is 48.8. The molecule has 4 N–H and O–H groups in total. The fourth-order valence-electron chi connectivity index (χ4n) is 14.1. The van der Waals surface area contributed by atoms with Crippen LogP contribution in [0.4, 0.5) is 0 Å². The van der Waals surface area contributed by atoms with Crippen LogP contribution in [0.2, 0.25) is 0 Å². The van der Waals surface area contributed by atoms with Crippen LogP contribution in [-0.2, 0) is 68.8 Å². The fourth-order valence-corrected chi connectivity index (χ4v) is 14.1. The lowest BCUT2D eigenvalue weighted by Crippen LogP contribution is -2.63. The Morgan fingerprint density at radius 2 is 1.05 bits per heavy atom. The number of ether oxygens (including phenoxy) is 2. The van der Waals surface area contributed by atoms with E-state index >= 15 is 33.6 Å². The summed E-state index contributed by atoms with van der Waals surface area (Å²) in [6, 6.07) is -3.87. The van der Waals surface area contributed by atoms with Crippen molar-refractivity contribution in [1.29, 1.82) is 0 Å². The number of aliphatic hydroxyl groups is 1. The summed E-state index contributed by atoms with van der Waals surface area (Å²) >= 11 is 0. The number of hydrogen-bond donors (Lipinski definition) is 4. The minimum atomic E-state index is -1.70. The average molecular weight is 1460 g/mol. The summed E-state index contributed by atoms with van der Waals surface area (Å²) in [5.41, 5.74) is 1.55. The number of carbonyl (C=O) groups excluding carboxylic acids is 11. The van der Waals surface area contributed by atoms with Crippen molar-refractivity contribution in [3.63, 3.8) is 0 Å². The van der Waals surface area contributed by atoms with Gasteiger partial charge in [-0.05, 0) is 126 Å². The normalized spacial score (nSPS) is 26.2. The van der Waals surface area contributed by atoms with Crippen LogP contribution in [0.5, 0.6) is 0 Å². The quantitative estimate of drug-likeness (QED) is 0.0875. The summed E-state index contributed by atoms with van der Waals surface area (Å²) in [5.74, 6) is -11.1. The van der Waals surface area contributed by atoms with E-state index < -0.39 is 161 Å². The average Bonchev–Trinajstić information content (AvgIpc) is 1.08. The number of ketones is 2. The van der Waals surface area contributed by atoms with Gasteiger partial charge in [-0.1, -0.05) is 115 Å². The molecule has 0 spiro atoms. The molecule has 9 amide bonds. The molecule has 2 fully saturated rings. The van der Waals surface area contributed by atoms with Gasteiger partial charge in [-0.15, -0.1) is 0 Å². The lowest BCUT2D eigenvalue weighted by atomic mass is 9.85. The number of nitrogens with zero attached hydrogens (tertiary/aromatic N) is 10. The van der Waals surface area contributed by atoms with Crippen molar-refractivity contribution < 1.29 is 67.3 Å². The number of benzene rings is 1. The lowest BCUT2D eigenvalue weighted by Gasteiger charge is -2.40. The number of aromatic nitrogens is 3. The Hall–Kier alpha value is -6.97. The smallest absolute Gasteiger partial charge is 0.245 e. The minimum absolute atomic E-state index is 0.0107. The molecule has 2 aliphatic rings. The van der Waals surface area contributed by atoms with Crippen molar-refractivity contribution in [3.05, 3.63) is 24.3 Å². The Labute approximate surface area is 620 Å². The van der Waals surface area contributed by atoms with E-state index in [1.54, 1.807) is 60.2 Å². The van der Waals surface area contributed by atoms with E-state index in [0.717, 1.165) is 37.1 Å². The lowest BCUT2D eigenvalue weighted by molar-refractivity contribution is -0.154. The molecular weight excluding hydrogens is 1330 g/mol. The van der Waals surface area contributed by atoms with Crippen LogP contribution in [0.25, 0.3) is 11.0 Å². The summed E-state index contributed by atoms with van der Waals surface area (Å²) in [6.45, 7) is 32.5. The van der Waals surface area contributed by atoms with Crippen molar-refractivity contribution >= 4 is 75.8 Å². The van der Waals surface area contributed by atoms with E-state index in [-0.39, 0.29) is 62.9 Å². The molecule has 2 aromatic rings. The van der Waals surface area contributed by atoms with E-state index in [0.29, 0.717) is 51.9 Å². The number of Topliss-reactive ketones (excluding diaryl/α,β-unsaturated/α-hetero) is 2. The molecule has 27 heteroatoms. The number of aliphatic hydroxyl groups excluding tert-OH is 1. The van der Waals surface area contributed by atoms with Crippen molar-refractivity contribution in [3.8, 4) is 0 Å². The van der Waals surface area contributed by atoms with Crippen molar-refractivity contribution in [2.45, 2.75) is 261 Å². The van der Waals surface area contributed by atoms with E-state index in [2.05, 4.69) is 31.0 Å². The second-order valence-electron chi connectivity index (χ2n) is 31.6. The molecule has 0 saturated carbocycles. The second kappa shape index (κ2) is 42.4. The molecule has 1 aromatic carbocycles. The van der Waals surface area contributed by atoms with Crippen LogP contribution in [-0.4, -0.2) is 267 Å². The van der Waals surface area contributed by atoms with Gasteiger partial charge < -0.3 is 59.9 Å². The maximum atomic E-state index is 15.3. The van der Waals surface area contributed by atoms with Crippen LogP contribution in [0, 0.1) is 47.3 Å². The SMILES string of the molecule is CC[C@@H]1NC(=O)[C@H]([C@H](O)[C@H](C)CCCCCn2nc3ccccc3n2)NC(=O)[C@H](C(C)C)N(C)C(=O)[C@H](CC(C)C)N(C)C(=O)[C@H](CC(C)C)N(C)C(=O)[C@@H](C)NC(=O)[C@H](C)CC(=O)[C@H](CC(C)C)N(C)C(=O)[C@H](C(C)C)CC(=O)[C@H]([C@@H](C)OCCCCN2CCOCC2)N(C)C(=O)[C@@H](C)N(C)C1=O. The number of fused-ring (bicyclic) bond motifs is 1. The van der Waals surface area contributed by atoms with Gasteiger partial charge >= 0.3 is 0 Å². The van der Waals surface area contributed by atoms with Crippen molar-refractivity contribution in [2.24, 2.45) is 47.3 Å². The van der Waals surface area contributed by atoms with Crippen LogP contribution < -0.4 is 16.0 Å². The van der Waals surface area contributed by atoms with E-state index in [4.69, 9.17) is 9.47 Å². The third-order valence-corrected chi connectivity index (χ3v) is 20.9. The summed E-state index contributed by atoms with van der Waals surface area (Å²) in [4.78, 5) is 176. The van der Waals surface area contributed by atoms with Gasteiger partial charge in [0.15, 0.2) is 11.6 Å². The zero-order chi connectivity index (χ0) is 78.3. The molecule has 0 aliphatic carbocycles. The van der Waals surface area contributed by atoms with Gasteiger partial charge in [0, 0.05) is 86.7 Å². The third kappa shape index (κ3) is 25.4. The Morgan fingerprint density at radius 1 is 0.529 bits per heavy atom. The predicted molar refractivity (Wildman–Crippen MR) is 400 cm³/mol. The molecular formula is C77H131N13O14. The maximum Gasteiger partial charge on any atom is 0.245 e. The number of likely N-dealkylation sites (N-methyl/N-ethyl adjacent to an activating group) is 6. The van der Waals surface area contributed by atoms with Crippen LogP contribution in [0.15, 0.2) is 24.3 Å². The summed E-state index contributed by atoms with van der Waals surface area (Å²) in [6.07, 6.45) is 1.19. The molecule has 2 saturated heterocycles. The first kappa shape index (κ1) is 89.4. The number of aryl methyl sites for hydroxylation is 1. The van der Waals surface area contributed by atoms with Crippen LogP contribution in [0.3, 0.4) is 0 Å². The maximum absolute atomic E-state index is 15.3. The molecule has 0 radical (unpaired) electrons. The van der Waals surface area contributed by atoms with Gasteiger partial charge in [0.2, 0.25) is 53.2 Å². The molecule has 4 rings (SSSR count). The molecule has 14 atom stereocenters. The summed E-state index contributed by atoms with van der Waals surface area (Å²) < 4.78 is 12.0. The highest BCUT2D eigenvalue weighted by molar-refractivity contribution is 6.00. The predicted octanol–water partition coefficient (Wildman–Crippen LogP) is 6.01. The highest BCUT2D eigenvalue weighted by atomic mass is 16.5. The van der Waals surface area contributed by atoms with Crippen molar-refractivity contribution in [2.75, 3.05) is 81.7 Å². The first-order valence-corrected chi connectivity index (χ1v) is 38.2. The standard InChI is InChI=1S/C77H131N13O14/c1-23-57-75(100)83(17)54(15)73(98)88(22)67(55(16)104-38-30-29-34-89-36-39-103-40-37-89)64(92)45-56(49(8)9)74(99)84(18)60(41-46(2)3)63(91)44-52(13)69(94)78-53(14)72(97)85(19)61(42-47(4)5)76(101)86(20)62(43-48(6)7)77(102)87(21)66(50(10)11)71(96)80-65(70(95)79-57)68(93)51(12)31-25-24-28-35-90-81-58-32-26-27-33-59(58)82-90/h26-27,32-33,46-57,60-62,65-68,93H,23-25,28-31,34-45H2,1-22H3,(H,78,94)(H,79,95)(H,80,96)/t51-,52-,53-,54-,55-,56+,57+,60+,61+,62+,65+,66+,67+,68-/m1/s1. The molecule has 588 valence electrons. The molecule has 2 aliphatic heterocycles. The van der Waals surface area contributed by atoms with Gasteiger partial charge in [-0.3, -0.25) is 57.6 Å². The highest BCUT2D eigenvalue weighted by Gasteiger charge is 2.45. The van der Waals surface area contributed by atoms with Gasteiger partial charge in [0.05, 0.1) is 38.0 Å². The number of rotatable bonds is 24. The monoisotopic (exact) mass is 1460 g/mol. The molecule has 27 nitrogen and oxygen atoms in total. The summed E-state index contributed by atoms with van der Waals surface area (Å²) in [7, 11) is 8.73. The van der Waals surface area contributed by atoms with Crippen LogP contribution >= 0.6 is 0 Å². The highest BCUT2D eigenvalue weighted by Crippen LogP contribution is 2.28. The number of unbranched alkanes of at least 4 members (excludes halogenated alkanes) is 3. The number of morpholine rings is 1. The Kier molecular flexibility index (Phi) is 36.5. The zero-order valence-electron chi connectivity index (χ0n) is 66.9. The van der Waals surface area contributed by atoms with E-state index in [1.165, 1.54) is 85.5 Å². The Balaban J connectivity index is 1.86. The molecule has 1 aromatic heterocycles. The van der Waals surface area contributed by atoms with Crippen molar-refractivity contribution in [1.82, 2.24) is 65.2 Å². The van der Waals surface area contributed by atoms with Gasteiger partial charge in [0.25, 0.3) is 0 Å². The number of nitrogens with one attached hydrogen (secondary N) is 3. The van der Waals surface area contributed by atoms with Gasteiger partial charge in [0.1, 0.15) is 59.4 Å². The number of hydrogen-bond acceptors (Lipinski definition) is 17. The van der Waals surface area contributed by atoms with Gasteiger partial charge in [-0.25, -0.2) is 0 Å². The van der Waals surface area contributed by atoms with E-state index in [9.17, 15) is 24.3 Å². The fraction of sp³-hybridized carbons (Fsp3) is 0.779. The molecule has 3 heterocycles. The minimum Gasteiger partial charge on any atom is -0.390 e. The molecule has 0 bridgehead atoms. The Bertz CT molecular complexity index is 3120.